The van der Waals surface area contributed by atoms with Gasteiger partial charge in [-0.2, -0.15) is 0 Å². The molecular formula is C12H15N5O. The number of nitrogens with zero attached hydrogens (tertiary/aromatic N) is 3. The summed E-state index contributed by atoms with van der Waals surface area (Å²) >= 11 is 0. The number of hydrogen-bond acceptors (Lipinski definition) is 4. The zero-order valence-electron chi connectivity index (χ0n) is 10.1. The zero-order chi connectivity index (χ0) is 12.8. The van der Waals surface area contributed by atoms with E-state index in [0.717, 1.165) is 5.82 Å². The van der Waals surface area contributed by atoms with E-state index in [1.165, 1.54) is 6.92 Å². The van der Waals surface area contributed by atoms with Crippen molar-refractivity contribution in [1.29, 1.82) is 0 Å². The van der Waals surface area contributed by atoms with E-state index in [0.29, 0.717) is 18.9 Å². The predicted molar refractivity (Wildman–Crippen MR) is 68.5 cm³/mol. The highest BCUT2D eigenvalue weighted by Crippen LogP contribution is 2.06. The van der Waals surface area contributed by atoms with Crippen LogP contribution in [0.1, 0.15) is 6.92 Å². The summed E-state index contributed by atoms with van der Waals surface area (Å²) in [6.45, 7) is 2.68. The molecule has 2 heterocycles. The zero-order valence-corrected chi connectivity index (χ0v) is 10.1. The van der Waals surface area contributed by atoms with E-state index in [4.69, 9.17) is 0 Å². The Hall–Kier alpha value is -2.37. The molecule has 0 atom stereocenters. The van der Waals surface area contributed by atoms with E-state index < -0.39 is 0 Å². The Balaban J connectivity index is 1.86. The molecule has 0 aromatic carbocycles. The van der Waals surface area contributed by atoms with E-state index in [-0.39, 0.29) is 5.91 Å². The standard InChI is InChI=1S/C12H15N5O/c1-10(18)13-6-7-14-11-4-5-12(16-15-11)17-8-2-3-9-17/h2-5,8-9H,6-7H2,1H3,(H,13,18)(H,14,15). The van der Waals surface area contributed by atoms with Crippen molar-refractivity contribution in [3.63, 3.8) is 0 Å². The summed E-state index contributed by atoms with van der Waals surface area (Å²) in [5, 5.41) is 13.9. The third-order valence-electron chi connectivity index (χ3n) is 2.32. The largest absolute Gasteiger partial charge is 0.367 e. The molecule has 0 unspecified atom stereocenters. The van der Waals surface area contributed by atoms with Gasteiger partial charge in [0.25, 0.3) is 0 Å². The number of nitrogens with one attached hydrogen (secondary N) is 2. The number of carbonyl (C=O) groups is 1. The van der Waals surface area contributed by atoms with E-state index >= 15 is 0 Å². The average molecular weight is 245 g/mol. The van der Waals surface area contributed by atoms with E-state index in [1.54, 1.807) is 0 Å². The van der Waals surface area contributed by atoms with Crippen molar-refractivity contribution >= 4 is 11.7 Å². The van der Waals surface area contributed by atoms with Crippen LogP contribution in [0.3, 0.4) is 0 Å². The number of carbonyl (C=O) groups excluding carboxylic acids is 1. The van der Waals surface area contributed by atoms with Gasteiger partial charge in [0.1, 0.15) is 5.82 Å². The van der Waals surface area contributed by atoms with Crippen LogP contribution in [0.2, 0.25) is 0 Å². The molecule has 2 rings (SSSR count). The maximum Gasteiger partial charge on any atom is 0.216 e. The molecule has 0 saturated heterocycles. The lowest BCUT2D eigenvalue weighted by Gasteiger charge is -2.06. The van der Waals surface area contributed by atoms with Crippen LogP contribution < -0.4 is 10.6 Å². The molecular weight excluding hydrogens is 230 g/mol. The first kappa shape index (κ1) is 12.1. The summed E-state index contributed by atoms with van der Waals surface area (Å²) in [6, 6.07) is 7.60. The highest BCUT2D eigenvalue weighted by Gasteiger charge is 1.98. The second-order valence-electron chi connectivity index (χ2n) is 3.78. The van der Waals surface area contributed by atoms with Gasteiger partial charge in [-0.3, -0.25) is 4.79 Å². The molecule has 0 saturated carbocycles. The summed E-state index contributed by atoms with van der Waals surface area (Å²) in [5.41, 5.74) is 0. The molecule has 6 nitrogen and oxygen atoms in total. The van der Waals surface area contributed by atoms with E-state index in [2.05, 4.69) is 20.8 Å². The Labute approximate surface area is 105 Å². The van der Waals surface area contributed by atoms with Crippen molar-refractivity contribution in [2.75, 3.05) is 18.4 Å². The Bertz CT molecular complexity index is 492. The van der Waals surface area contributed by atoms with Gasteiger partial charge in [0.05, 0.1) is 0 Å². The summed E-state index contributed by atoms with van der Waals surface area (Å²) in [5.74, 6) is 1.43. The molecule has 0 fully saturated rings. The van der Waals surface area contributed by atoms with Crippen LogP contribution in [0, 0.1) is 0 Å². The molecule has 6 heteroatoms. The maximum absolute atomic E-state index is 10.7. The number of anilines is 1. The van der Waals surface area contributed by atoms with Gasteiger partial charge in [-0.15, -0.1) is 10.2 Å². The number of hydrogen-bond donors (Lipinski definition) is 2. The van der Waals surface area contributed by atoms with Gasteiger partial charge in [-0.05, 0) is 24.3 Å². The third kappa shape index (κ3) is 3.31. The van der Waals surface area contributed by atoms with Crippen molar-refractivity contribution in [3.05, 3.63) is 36.7 Å². The van der Waals surface area contributed by atoms with Crippen molar-refractivity contribution < 1.29 is 4.79 Å². The molecule has 1 amide bonds. The lowest BCUT2D eigenvalue weighted by atomic mass is 10.4. The molecule has 2 aromatic rings. The molecule has 0 spiro atoms. The number of rotatable bonds is 5. The normalized spacial score (nSPS) is 10.1. The minimum absolute atomic E-state index is 0.0363. The molecule has 0 aliphatic rings. The Morgan fingerprint density at radius 3 is 2.61 bits per heavy atom. The predicted octanol–water partition coefficient (Wildman–Crippen LogP) is 0.815. The molecule has 0 aliphatic heterocycles. The van der Waals surface area contributed by atoms with E-state index in [1.807, 2.05) is 41.2 Å². The average Bonchev–Trinajstić information content (AvgIpc) is 2.89. The van der Waals surface area contributed by atoms with Crippen LogP contribution in [0.25, 0.3) is 5.82 Å². The topological polar surface area (TPSA) is 71.8 Å². The molecule has 2 N–H and O–H groups in total. The Morgan fingerprint density at radius 1 is 1.22 bits per heavy atom. The minimum atomic E-state index is -0.0363. The SMILES string of the molecule is CC(=O)NCCNc1ccc(-n2cccc2)nn1. The minimum Gasteiger partial charge on any atom is -0.367 e. The fraction of sp³-hybridized carbons (Fsp3) is 0.250. The molecule has 0 radical (unpaired) electrons. The second-order valence-corrected chi connectivity index (χ2v) is 3.78. The van der Waals surface area contributed by atoms with Crippen molar-refractivity contribution in [2.24, 2.45) is 0 Å². The summed E-state index contributed by atoms with van der Waals surface area (Å²) in [7, 11) is 0. The molecule has 94 valence electrons. The van der Waals surface area contributed by atoms with Gasteiger partial charge in [0, 0.05) is 32.4 Å². The van der Waals surface area contributed by atoms with Crippen LogP contribution in [0.15, 0.2) is 36.7 Å². The second kappa shape index (κ2) is 5.81. The molecule has 0 bridgehead atoms. The van der Waals surface area contributed by atoms with Gasteiger partial charge in [-0.25, -0.2) is 0 Å². The lowest BCUT2D eigenvalue weighted by Crippen LogP contribution is -2.26. The number of amides is 1. The summed E-state index contributed by atoms with van der Waals surface area (Å²) < 4.78 is 1.88. The van der Waals surface area contributed by atoms with Crippen molar-refractivity contribution in [2.45, 2.75) is 6.92 Å². The summed E-state index contributed by atoms with van der Waals surface area (Å²) in [6.07, 6.45) is 3.82. The maximum atomic E-state index is 10.7. The first-order chi connectivity index (χ1) is 8.75. The van der Waals surface area contributed by atoms with Gasteiger partial charge in [0.15, 0.2) is 5.82 Å². The third-order valence-corrected chi connectivity index (χ3v) is 2.32. The highest BCUT2D eigenvalue weighted by atomic mass is 16.1. The number of aromatic nitrogens is 3. The van der Waals surface area contributed by atoms with Crippen LogP contribution >= 0.6 is 0 Å². The quantitative estimate of drug-likeness (QED) is 0.765. The summed E-state index contributed by atoms with van der Waals surface area (Å²) in [4.78, 5) is 10.7. The van der Waals surface area contributed by atoms with Crippen LogP contribution in [0.4, 0.5) is 5.82 Å². The lowest BCUT2D eigenvalue weighted by molar-refractivity contribution is -0.118. The van der Waals surface area contributed by atoms with Crippen LogP contribution in [-0.4, -0.2) is 33.8 Å². The Kier molecular flexibility index (Phi) is 3.90. The highest BCUT2D eigenvalue weighted by molar-refractivity contribution is 5.72. The van der Waals surface area contributed by atoms with Gasteiger partial charge in [-0.1, -0.05) is 0 Å². The fourth-order valence-electron chi connectivity index (χ4n) is 1.47. The Morgan fingerprint density at radius 2 is 2.00 bits per heavy atom. The van der Waals surface area contributed by atoms with Gasteiger partial charge >= 0.3 is 0 Å². The smallest absolute Gasteiger partial charge is 0.216 e. The van der Waals surface area contributed by atoms with Crippen molar-refractivity contribution in [3.8, 4) is 5.82 Å². The monoisotopic (exact) mass is 245 g/mol. The first-order valence-electron chi connectivity index (χ1n) is 5.71. The fourth-order valence-corrected chi connectivity index (χ4v) is 1.47. The van der Waals surface area contributed by atoms with Crippen molar-refractivity contribution in [1.82, 2.24) is 20.1 Å². The molecule has 18 heavy (non-hydrogen) atoms. The first-order valence-corrected chi connectivity index (χ1v) is 5.71. The van der Waals surface area contributed by atoms with E-state index in [9.17, 15) is 4.79 Å². The molecule has 0 aliphatic carbocycles. The van der Waals surface area contributed by atoms with Crippen LogP contribution in [-0.2, 0) is 4.79 Å². The van der Waals surface area contributed by atoms with Gasteiger partial charge in [0.2, 0.25) is 5.91 Å². The van der Waals surface area contributed by atoms with Crippen LogP contribution in [0.5, 0.6) is 0 Å². The van der Waals surface area contributed by atoms with Gasteiger partial charge < -0.3 is 15.2 Å². The molecule has 2 aromatic heterocycles.